The Bertz CT molecular complexity index is 1170. The quantitative estimate of drug-likeness (QED) is 0.403. The maximum absolute atomic E-state index is 6.27. The lowest BCUT2D eigenvalue weighted by atomic mass is 9.83. The fraction of sp³-hybridized carbons (Fsp3) is 0.250. The molecule has 136 valence electrons. The van der Waals surface area contributed by atoms with Crippen molar-refractivity contribution in [2.24, 2.45) is 11.3 Å². The van der Waals surface area contributed by atoms with Crippen LogP contribution >= 0.6 is 11.3 Å². The molecule has 1 aromatic carbocycles. The Morgan fingerprint density at radius 1 is 1.19 bits per heavy atom. The van der Waals surface area contributed by atoms with E-state index in [1.165, 1.54) is 11.9 Å². The van der Waals surface area contributed by atoms with E-state index in [4.69, 9.17) is 15.6 Å². The lowest BCUT2D eigenvalue weighted by molar-refractivity contribution is 0.156. The number of hydrogen-bond donors (Lipinski definition) is 2. The van der Waals surface area contributed by atoms with Crippen molar-refractivity contribution in [1.29, 1.82) is 0 Å². The summed E-state index contributed by atoms with van der Waals surface area (Å²) >= 11 is 1.56. The Morgan fingerprint density at radius 2 is 2.00 bits per heavy atom. The monoisotopic (exact) mass is 377 g/mol. The summed E-state index contributed by atoms with van der Waals surface area (Å²) in [5, 5.41) is 1.05. The van der Waals surface area contributed by atoms with Crippen LogP contribution in [0.25, 0.3) is 31.7 Å². The lowest BCUT2D eigenvalue weighted by Crippen LogP contribution is -2.29. The van der Waals surface area contributed by atoms with Gasteiger partial charge in [0, 0.05) is 21.9 Å². The summed E-state index contributed by atoms with van der Waals surface area (Å²) < 4.78 is 7.18. The van der Waals surface area contributed by atoms with E-state index < -0.39 is 0 Å². The summed E-state index contributed by atoms with van der Waals surface area (Å²) in [7, 11) is 0. The summed E-state index contributed by atoms with van der Waals surface area (Å²) in [4.78, 5) is 14.7. The fourth-order valence-electron chi connectivity index (χ4n) is 3.67. The third kappa shape index (κ3) is 2.54. The first-order valence-electron chi connectivity index (χ1n) is 8.82. The smallest absolute Gasteiger partial charge is 0.161 e. The third-order valence-electron chi connectivity index (χ3n) is 4.90. The van der Waals surface area contributed by atoms with E-state index in [1.807, 2.05) is 18.2 Å². The molecule has 1 aliphatic heterocycles. The van der Waals surface area contributed by atoms with Gasteiger partial charge in [0.05, 0.1) is 16.8 Å². The molecule has 0 unspecified atom stereocenters. The second-order valence-corrected chi connectivity index (χ2v) is 8.59. The van der Waals surface area contributed by atoms with Crippen molar-refractivity contribution in [3.05, 3.63) is 42.2 Å². The van der Waals surface area contributed by atoms with Crippen LogP contribution in [0.1, 0.15) is 19.4 Å². The van der Waals surface area contributed by atoms with Crippen LogP contribution in [0.5, 0.6) is 5.75 Å². The molecule has 3 aromatic heterocycles. The highest BCUT2D eigenvalue weighted by Crippen LogP contribution is 2.47. The van der Waals surface area contributed by atoms with Gasteiger partial charge in [-0.1, -0.05) is 44.2 Å². The summed E-state index contributed by atoms with van der Waals surface area (Å²) in [6.07, 6.45) is 2.44. The van der Waals surface area contributed by atoms with Crippen LogP contribution in [0, 0.1) is 5.41 Å². The zero-order valence-electron chi connectivity index (χ0n) is 15.1. The lowest BCUT2D eigenvalue weighted by Gasteiger charge is -2.32. The predicted octanol–water partition coefficient (Wildman–Crippen LogP) is 4.15. The van der Waals surface area contributed by atoms with Crippen LogP contribution in [0.2, 0.25) is 0 Å². The molecule has 0 atom stereocenters. The second-order valence-electron chi connectivity index (χ2n) is 7.59. The topological polar surface area (TPSA) is 86.0 Å². The number of benzene rings is 1. The zero-order valence-corrected chi connectivity index (χ0v) is 15.9. The molecular formula is C20H19N5OS. The van der Waals surface area contributed by atoms with Gasteiger partial charge in [-0.25, -0.2) is 20.8 Å². The standard InChI is InChI=1S/C20H19N5OS/c1-20(2)8-12-13-15-17(18(25-21)23-10-22-15)27-19(13)24-14(16(12)26-9-20)11-6-4-3-5-7-11/h3-7,10H,8-9,21H2,1-2H3,(H,22,23,25). The Hall–Kier alpha value is -2.77. The number of pyridine rings is 1. The van der Waals surface area contributed by atoms with Gasteiger partial charge in [-0.15, -0.1) is 11.3 Å². The molecule has 6 nitrogen and oxygen atoms in total. The maximum Gasteiger partial charge on any atom is 0.161 e. The fourth-order valence-corrected chi connectivity index (χ4v) is 4.78. The van der Waals surface area contributed by atoms with Gasteiger partial charge in [0.2, 0.25) is 0 Å². The minimum Gasteiger partial charge on any atom is -0.490 e. The number of anilines is 1. The van der Waals surface area contributed by atoms with Crippen molar-refractivity contribution in [1.82, 2.24) is 15.0 Å². The first-order valence-corrected chi connectivity index (χ1v) is 9.64. The van der Waals surface area contributed by atoms with E-state index in [0.717, 1.165) is 43.9 Å². The number of nitrogens with two attached hydrogens (primary N) is 1. The molecule has 3 N–H and O–H groups in total. The molecule has 0 fully saturated rings. The molecule has 0 saturated carbocycles. The Balaban J connectivity index is 1.90. The normalized spacial score (nSPS) is 15.5. The average molecular weight is 377 g/mol. The van der Waals surface area contributed by atoms with E-state index in [1.54, 1.807) is 11.3 Å². The maximum atomic E-state index is 6.27. The Morgan fingerprint density at radius 3 is 2.78 bits per heavy atom. The molecule has 27 heavy (non-hydrogen) atoms. The van der Waals surface area contributed by atoms with E-state index in [-0.39, 0.29) is 5.41 Å². The zero-order chi connectivity index (χ0) is 18.6. The largest absolute Gasteiger partial charge is 0.490 e. The Labute approximate surface area is 160 Å². The van der Waals surface area contributed by atoms with E-state index >= 15 is 0 Å². The van der Waals surface area contributed by atoms with Gasteiger partial charge in [-0.3, -0.25) is 0 Å². The molecule has 5 rings (SSSR count). The number of nitrogen functional groups attached to an aromatic ring is 1. The highest BCUT2D eigenvalue weighted by Gasteiger charge is 2.32. The minimum absolute atomic E-state index is 0.0471. The van der Waals surface area contributed by atoms with Crippen molar-refractivity contribution in [2.75, 3.05) is 12.0 Å². The number of nitrogens with one attached hydrogen (secondary N) is 1. The van der Waals surface area contributed by atoms with Gasteiger partial charge in [-0.2, -0.15) is 0 Å². The van der Waals surface area contributed by atoms with Crippen LogP contribution in [0.15, 0.2) is 36.7 Å². The number of ether oxygens (including phenoxy) is 1. The predicted molar refractivity (Wildman–Crippen MR) is 109 cm³/mol. The summed E-state index contributed by atoms with van der Waals surface area (Å²) in [5.41, 5.74) is 6.70. The molecule has 0 saturated heterocycles. The van der Waals surface area contributed by atoms with Crippen LogP contribution < -0.4 is 16.0 Å². The number of hydrazine groups is 1. The third-order valence-corrected chi connectivity index (χ3v) is 5.98. The van der Waals surface area contributed by atoms with Gasteiger partial charge in [0.15, 0.2) is 5.82 Å². The average Bonchev–Trinajstić information content (AvgIpc) is 3.06. The van der Waals surface area contributed by atoms with Crippen molar-refractivity contribution in [3.8, 4) is 17.0 Å². The van der Waals surface area contributed by atoms with Gasteiger partial charge in [0.1, 0.15) is 22.6 Å². The molecule has 0 amide bonds. The molecular weight excluding hydrogens is 358 g/mol. The van der Waals surface area contributed by atoms with Crippen molar-refractivity contribution < 1.29 is 4.74 Å². The summed E-state index contributed by atoms with van der Waals surface area (Å²) in [6, 6.07) is 10.2. The first-order chi connectivity index (χ1) is 13.1. The highest BCUT2D eigenvalue weighted by atomic mass is 32.1. The summed E-state index contributed by atoms with van der Waals surface area (Å²) in [5.74, 6) is 7.15. The van der Waals surface area contributed by atoms with Gasteiger partial charge >= 0.3 is 0 Å². The van der Waals surface area contributed by atoms with Crippen LogP contribution in [0.4, 0.5) is 5.82 Å². The first kappa shape index (κ1) is 16.4. The number of aromatic nitrogens is 3. The van der Waals surface area contributed by atoms with Gasteiger partial charge in [0.25, 0.3) is 0 Å². The van der Waals surface area contributed by atoms with Gasteiger partial charge in [-0.05, 0) is 6.42 Å². The number of nitrogens with zero attached hydrogens (tertiary/aromatic N) is 3. The second kappa shape index (κ2) is 5.87. The highest BCUT2D eigenvalue weighted by molar-refractivity contribution is 7.26. The number of thiophene rings is 1. The van der Waals surface area contributed by atoms with E-state index in [9.17, 15) is 0 Å². The van der Waals surface area contributed by atoms with Crippen molar-refractivity contribution in [3.63, 3.8) is 0 Å². The van der Waals surface area contributed by atoms with Gasteiger partial charge < -0.3 is 10.2 Å². The molecule has 0 spiro atoms. The van der Waals surface area contributed by atoms with E-state index in [2.05, 4.69) is 41.4 Å². The van der Waals surface area contributed by atoms with Crippen molar-refractivity contribution in [2.45, 2.75) is 20.3 Å². The van der Waals surface area contributed by atoms with Crippen LogP contribution in [-0.2, 0) is 6.42 Å². The minimum atomic E-state index is 0.0471. The van der Waals surface area contributed by atoms with E-state index in [0.29, 0.717) is 12.4 Å². The van der Waals surface area contributed by atoms with Crippen LogP contribution in [-0.4, -0.2) is 21.6 Å². The molecule has 7 heteroatoms. The molecule has 0 aliphatic carbocycles. The number of rotatable bonds is 2. The Kier molecular flexibility index (Phi) is 3.57. The van der Waals surface area contributed by atoms with Crippen molar-refractivity contribution >= 4 is 37.6 Å². The molecule has 1 aliphatic rings. The molecule has 0 bridgehead atoms. The summed E-state index contributed by atoms with van der Waals surface area (Å²) in [6.45, 7) is 5.11. The number of hydrogen-bond acceptors (Lipinski definition) is 7. The molecule has 4 heterocycles. The van der Waals surface area contributed by atoms with Crippen LogP contribution in [0.3, 0.4) is 0 Å². The molecule has 4 aromatic rings. The molecule has 0 radical (unpaired) electrons. The number of fused-ring (bicyclic) bond motifs is 5. The SMILES string of the molecule is CC1(C)COc2c(-c3ccccc3)nc3sc4c(NN)ncnc4c3c2C1.